The minimum atomic E-state index is -0.172. The lowest BCUT2D eigenvalue weighted by Gasteiger charge is -2.26. The van der Waals surface area contributed by atoms with E-state index in [4.69, 9.17) is 4.74 Å². The van der Waals surface area contributed by atoms with Crippen LogP contribution in [0.5, 0.6) is 5.75 Å². The van der Waals surface area contributed by atoms with Crippen molar-refractivity contribution >= 4 is 40.6 Å². The van der Waals surface area contributed by atoms with Gasteiger partial charge < -0.3 is 15.0 Å². The number of amides is 2. The van der Waals surface area contributed by atoms with E-state index in [1.807, 2.05) is 31.2 Å². The molecule has 0 radical (unpaired) electrons. The number of anilines is 1. The van der Waals surface area contributed by atoms with Crippen LogP contribution in [0.2, 0.25) is 0 Å². The van der Waals surface area contributed by atoms with Crippen molar-refractivity contribution in [2.24, 2.45) is 5.92 Å². The molecule has 1 aromatic heterocycles. The van der Waals surface area contributed by atoms with Crippen molar-refractivity contribution in [3.8, 4) is 5.75 Å². The van der Waals surface area contributed by atoms with Crippen LogP contribution in [0.25, 0.3) is 0 Å². The summed E-state index contributed by atoms with van der Waals surface area (Å²) in [5.74, 6) is 1.53. The summed E-state index contributed by atoms with van der Waals surface area (Å²) < 4.78 is 6.73. The number of para-hydroxylation sites is 1. The summed E-state index contributed by atoms with van der Waals surface area (Å²) in [4.78, 5) is 27.9. The fourth-order valence-electron chi connectivity index (χ4n) is 3.06. The number of fused-ring (bicyclic) bond motifs is 1. The number of thioether (sulfide) groups is 1. The van der Waals surface area contributed by atoms with Gasteiger partial charge in [0.05, 0.1) is 22.3 Å². The standard InChI is InChI=1S/C21H26N2O3S2/c1-4-26-18-8-6-5-7-15(18)11-22-19(24)12-23-17-10-16(9-14(2)3)28-21(17)27-13-20(23)25/h5-8,10,14H,4,9,11-13H2,1-3H3,(H,22,24). The first-order valence-electron chi connectivity index (χ1n) is 9.51. The van der Waals surface area contributed by atoms with Gasteiger partial charge in [0.25, 0.3) is 0 Å². The van der Waals surface area contributed by atoms with E-state index < -0.39 is 0 Å². The summed E-state index contributed by atoms with van der Waals surface area (Å²) in [5, 5.41) is 2.92. The third kappa shape index (κ3) is 5.08. The van der Waals surface area contributed by atoms with Crippen LogP contribution < -0.4 is 15.0 Å². The van der Waals surface area contributed by atoms with E-state index >= 15 is 0 Å². The molecule has 2 amide bonds. The number of thiophene rings is 1. The van der Waals surface area contributed by atoms with Crippen molar-refractivity contribution in [1.29, 1.82) is 0 Å². The Balaban J connectivity index is 1.66. The lowest BCUT2D eigenvalue weighted by Crippen LogP contribution is -2.42. The molecule has 0 unspecified atom stereocenters. The van der Waals surface area contributed by atoms with Gasteiger partial charge in [-0.2, -0.15) is 0 Å². The normalized spacial score (nSPS) is 13.6. The highest BCUT2D eigenvalue weighted by atomic mass is 32.2. The van der Waals surface area contributed by atoms with Gasteiger partial charge in [-0.05, 0) is 31.4 Å². The Hall–Kier alpha value is -1.99. The third-order valence-corrected chi connectivity index (χ3v) is 6.72. The van der Waals surface area contributed by atoms with E-state index in [0.717, 1.165) is 27.6 Å². The zero-order valence-corrected chi connectivity index (χ0v) is 18.1. The molecule has 1 aliphatic heterocycles. The Bertz CT molecular complexity index is 848. The van der Waals surface area contributed by atoms with Gasteiger partial charge in [0.15, 0.2) is 0 Å². The van der Waals surface area contributed by atoms with Crippen LogP contribution >= 0.6 is 23.1 Å². The molecule has 0 spiro atoms. The van der Waals surface area contributed by atoms with E-state index in [2.05, 4.69) is 25.2 Å². The second-order valence-electron chi connectivity index (χ2n) is 7.07. The Kier molecular flexibility index (Phi) is 7.02. The maximum absolute atomic E-state index is 12.5. The molecular formula is C21H26N2O3S2. The molecular weight excluding hydrogens is 392 g/mol. The van der Waals surface area contributed by atoms with Crippen molar-refractivity contribution in [2.75, 3.05) is 23.8 Å². The van der Waals surface area contributed by atoms with Crippen molar-refractivity contribution in [3.63, 3.8) is 0 Å². The lowest BCUT2D eigenvalue weighted by atomic mass is 10.1. The quantitative estimate of drug-likeness (QED) is 0.701. The monoisotopic (exact) mass is 418 g/mol. The average Bonchev–Trinajstić information content (AvgIpc) is 3.05. The van der Waals surface area contributed by atoms with Crippen LogP contribution in [0.3, 0.4) is 0 Å². The number of hydrogen-bond donors (Lipinski definition) is 1. The molecule has 28 heavy (non-hydrogen) atoms. The Morgan fingerprint density at radius 3 is 2.86 bits per heavy atom. The highest BCUT2D eigenvalue weighted by Gasteiger charge is 2.28. The third-order valence-electron chi connectivity index (χ3n) is 4.31. The van der Waals surface area contributed by atoms with Crippen molar-refractivity contribution in [1.82, 2.24) is 5.32 Å². The van der Waals surface area contributed by atoms with Gasteiger partial charge in [0, 0.05) is 17.0 Å². The van der Waals surface area contributed by atoms with E-state index in [9.17, 15) is 9.59 Å². The molecule has 0 fully saturated rings. The number of nitrogens with zero attached hydrogens (tertiary/aromatic N) is 1. The number of ether oxygens (including phenoxy) is 1. The zero-order chi connectivity index (χ0) is 20.1. The number of nitrogens with one attached hydrogen (secondary N) is 1. The molecule has 150 valence electrons. The van der Waals surface area contributed by atoms with E-state index in [0.29, 0.717) is 24.8 Å². The minimum absolute atomic E-state index is 0.0173. The van der Waals surface area contributed by atoms with Crippen molar-refractivity contribution in [3.05, 3.63) is 40.8 Å². The molecule has 0 bridgehead atoms. The number of benzene rings is 1. The molecule has 1 aromatic carbocycles. The number of carbonyl (C=O) groups excluding carboxylic acids is 2. The van der Waals surface area contributed by atoms with Gasteiger partial charge in [-0.1, -0.05) is 32.0 Å². The van der Waals surface area contributed by atoms with Crippen LogP contribution in [-0.4, -0.2) is 30.7 Å². The van der Waals surface area contributed by atoms with Crippen LogP contribution in [0, 0.1) is 5.92 Å². The fourth-order valence-corrected chi connectivity index (χ4v) is 5.62. The maximum Gasteiger partial charge on any atom is 0.240 e. The van der Waals surface area contributed by atoms with E-state index in [1.54, 1.807) is 28.0 Å². The molecule has 7 heteroatoms. The van der Waals surface area contributed by atoms with Gasteiger partial charge >= 0.3 is 0 Å². The first-order valence-corrected chi connectivity index (χ1v) is 11.3. The molecule has 0 aliphatic carbocycles. The Morgan fingerprint density at radius 2 is 2.11 bits per heavy atom. The second-order valence-corrected chi connectivity index (χ2v) is 9.45. The van der Waals surface area contributed by atoms with E-state index in [-0.39, 0.29) is 18.4 Å². The molecule has 0 saturated heterocycles. The van der Waals surface area contributed by atoms with Gasteiger partial charge in [0.1, 0.15) is 12.3 Å². The molecule has 0 atom stereocenters. The van der Waals surface area contributed by atoms with Crippen molar-refractivity contribution in [2.45, 2.75) is 37.9 Å². The molecule has 0 saturated carbocycles. The Morgan fingerprint density at radius 1 is 1.32 bits per heavy atom. The summed E-state index contributed by atoms with van der Waals surface area (Å²) >= 11 is 3.31. The van der Waals surface area contributed by atoms with Crippen LogP contribution in [0.4, 0.5) is 5.69 Å². The van der Waals surface area contributed by atoms with Gasteiger partial charge in [-0.15, -0.1) is 23.1 Å². The summed E-state index contributed by atoms with van der Waals surface area (Å²) in [5.41, 5.74) is 1.81. The second kappa shape index (κ2) is 9.47. The zero-order valence-electron chi connectivity index (χ0n) is 16.5. The largest absolute Gasteiger partial charge is 0.494 e. The molecule has 5 nitrogen and oxygen atoms in total. The maximum atomic E-state index is 12.5. The Labute approximate surface area is 174 Å². The summed E-state index contributed by atoms with van der Waals surface area (Å²) in [6.07, 6.45) is 0.987. The smallest absolute Gasteiger partial charge is 0.240 e. The lowest BCUT2D eigenvalue weighted by molar-refractivity contribution is -0.123. The molecule has 2 aromatic rings. The van der Waals surface area contributed by atoms with Gasteiger partial charge in [-0.3, -0.25) is 9.59 Å². The predicted molar refractivity (Wildman–Crippen MR) is 115 cm³/mol. The molecule has 2 heterocycles. The number of hydrogen-bond acceptors (Lipinski definition) is 5. The van der Waals surface area contributed by atoms with E-state index in [1.165, 1.54) is 4.88 Å². The topological polar surface area (TPSA) is 58.6 Å². The minimum Gasteiger partial charge on any atom is -0.494 e. The number of carbonyl (C=O) groups is 2. The summed E-state index contributed by atoms with van der Waals surface area (Å²) in [6, 6.07) is 9.73. The predicted octanol–water partition coefficient (Wildman–Crippen LogP) is 4.10. The molecule has 3 rings (SSSR count). The SMILES string of the molecule is CCOc1ccccc1CNC(=O)CN1C(=O)CSc2sc(CC(C)C)cc21. The van der Waals surface area contributed by atoms with Crippen molar-refractivity contribution < 1.29 is 14.3 Å². The summed E-state index contributed by atoms with van der Waals surface area (Å²) in [6.45, 7) is 7.29. The number of rotatable bonds is 8. The van der Waals surface area contributed by atoms with Gasteiger partial charge in [-0.25, -0.2) is 0 Å². The van der Waals surface area contributed by atoms with Crippen LogP contribution in [0.1, 0.15) is 31.2 Å². The first-order chi connectivity index (χ1) is 13.5. The highest BCUT2D eigenvalue weighted by molar-refractivity contribution is 8.02. The first kappa shape index (κ1) is 20.7. The highest BCUT2D eigenvalue weighted by Crippen LogP contribution is 2.42. The summed E-state index contributed by atoms with van der Waals surface area (Å²) in [7, 11) is 0. The fraction of sp³-hybridized carbons (Fsp3) is 0.429. The molecule has 1 aliphatic rings. The molecule has 1 N–H and O–H groups in total. The van der Waals surface area contributed by atoms with Crippen LogP contribution in [-0.2, 0) is 22.6 Å². The van der Waals surface area contributed by atoms with Crippen LogP contribution in [0.15, 0.2) is 34.5 Å². The average molecular weight is 419 g/mol. The van der Waals surface area contributed by atoms with Gasteiger partial charge in [0.2, 0.25) is 11.8 Å².